The minimum atomic E-state index is 0.242. The lowest BCUT2D eigenvalue weighted by Gasteiger charge is -2.16. The van der Waals surface area contributed by atoms with Crippen molar-refractivity contribution in [3.8, 4) is 0 Å². The van der Waals surface area contributed by atoms with Gasteiger partial charge in [-0.3, -0.25) is 0 Å². The second kappa shape index (κ2) is 7.91. The Morgan fingerprint density at radius 1 is 1.26 bits per heavy atom. The van der Waals surface area contributed by atoms with E-state index in [0.29, 0.717) is 11.7 Å². The molecule has 1 rings (SSSR count). The smallest absolute Gasteiger partial charge is 0.148 e. The summed E-state index contributed by atoms with van der Waals surface area (Å²) in [5, 5.41) is 12.3. The van der Waals surface area contributed by atoms with Crippen LogP contribution in [0.5, 0.6) is 0 Å². The van der Waals surface area contributed by atoms with E-state index in [4.69, 9.17) is 10.9 Å². The Labute approximate surface area is 114 Å². The minimum Gasteiger partial charge on any atom is -0.396 e. The van der Waals surface area contributed by atoms with E-state index in [1.165, 1.54) is 6.33 Å². The molecule has 6 nitrogen and oxygen atoms in total. The Balaban J connectivity index is 2.62. The third kappa shape index (κ3) is 4.65. The largest absolute Gasteiger partial charge is 0.396 e. The molecular formula is C13H25N5O. The van der Waals surface area contributed by atoms with Crippen molar-refractivity contribution in [1.82, 2.24) is 9.97 Å². The number of hydrogen-bond acceptors (Lipinski definition) is 6. The van der Waals surface area contributed by atoms with E-state index in [2.05, 4.69) is 34.6 Å². The summed E-state index contributed by atoms with van der Waals surface area (Å²) in [5.74, 6) is 7.59. The van der Waals surface area contributed by atoms with Crippen LogP contribution in [0, 0.1) is 5.92 Å². The average molecular weight is 267 g/mol. The molecule has 0 aliphatic carbocycles. The Bertz CT molecular complexity index is 383. The van der Waals surface area contributed by atoms with Crippen molar-refractivity contribution < 1.29 is 5.11 Å². The van der Waals surface area contributed by atoms with Crippen LogP contribution < -0.4 is 16.6 Å². The van der Waals surface area contributed by atoms with Gasteiger partial charge in [-0.15, -0.1) is 0 Å². The quantitative estimate of drug-likeness (QED) is 0.325. The molecule has 0 amide bonds. The lowest BCUT2D eigenvalue weighted by molar-refractivity contribution is 0.229. The van der Waals surface area contributed by atoms with Crippen molar-refractivity contribution in [1.29, 1.82) is 0 Å². The van der Waals surface area contributed by atoms with Crippen LogP contribution >= 0.6 is 0 Å². The number of aliphatic hydroxyl groups excluding tert-OH is 1. The summed E-state index contributed by atoms with van der Waals surface area (Å²) in [5.41, 5.74) is 3.61. The number of nitrogen functional groups attached to an aromatic ring is 1. The maximum absolute atomic E-state index is 8.97. The molecule has 5 N–H and O–H groups in total. The van der Waals surface area contributed by atoms with E-state index in [1.807, 2.05) is 6.92 Å². The number of aliphatic hydroxyl groups is 1. The van der Waals surface area contributed by atoms with Crippen LogP contribution in [0.1, 0.15) is 45.1 Å². The zero-order valence-corrected chi connectivity index (χ0v) is 12.0. The maximum Gasteiger partial charge on any atom is 0.148 e. The van der Waals surface area contributed by atoms with Crippen LogP contribution in [-0.2, 0) is 0 Å². The topological polar surface area (TPSA) is 96.1 Å². The van der Waals surface area contributed by atoms with Gasteiger partial charge in [-0.1, -0.05) is 20.8 Å². The molecule has 6 heteroatoms. The molecule has 1 atom stereocenters. The van der Waals surface area contributed by atoms with Gasteiger partial charge in [-0.2, -0.15) is 0 Å². The molecule has 1 heterocycles. The first-order valence-electron chi connectivity index (χ1n) is 6.76. The molecule has 0 spiro atoms. The first-order valence-corrected chi connectivity index (χ1v) is 6.76. The highest BCUT2D eigenvalue weighted by molar-refractivity contribution is 5.58. The van der Waals surface area contributed by atoms with Crippen LogP contribution in [0.2, 0.25) is 0 Å². The number of hydrogen-bond donors (Lipinski definition) is 4. The van der Waals surface area contributed by atoms with E-state index in [0.717, 1.165) is 30.8 Å². The van der Waals surface area contributed by atoms with Crippen molar-refractivity contribution in [2.75, 3.05) is 23.9 Å². The molecule has 0 fully saturated rings. The summed E-state index contributed by atoms with van der Waals surface area (Å²) in [6.45, 7) is 7.27. The van der Waals surface area contributed by atoms with Gasteiger partial charge >= 0.3 is 0 Å². The molecule has 19 heavy (non-hydrogen) atoms. The fourth-order valence-corrected chi connectivity index (χ4v) is 1.95. The van der Waals surface area contributed by atoms with Gasteiger partial charge in [-0.05, 0) is 24.7 Å². The van der Waals surface area contributed by atoms with Crippen LogP contribution in [0.3, 0.4) is 0 Å². The molecule has 0 saturated heterocycles. The highest BCUT2D eigenvalue weighted by Crippen LogP contribution is 2.27. The van der Waals surface area contributed by atoms with E-state index in [-0.39, 0.29) is 12.5 Å². The Morgan fingerprint density at radius 2 is 1.95 bits per heavy atom. The Kier molecular flexibility index (Phi) is 6.52. The van der Waals surface area contributed by atoms with Gasteiger partial charge in [0.2, 0.25) is 0 Å². The second-order valence-corrected chi connectivity index (χ2v) is 5.14. The summed E-state index contributed by atoms with van der Waals surface area (Å²) in [6, 6.07) is 0. The van der Waals surface area contributed by atoms with Crippen LogP contribution in [0.4, 0.5) is 11.6 Å². The van der Waals surface area contributed by atoms with Crippen molar-refractivity contribution in [2.24, 2.45) is 11.8 Å². The van der Waals surface area contributed by atoms with Gasteiger partial charge in [0, 0.05) is 18.7 Å². The predicted molar refractivity (Wildman–Crippen MR) is 77.9 cm³/mol. The number of anilines is 2. The van der Waals surface area contributed by atoms with E-state index >= 15 is 0 Å². The Hall–Kier alpha value is -1.40. The third-order valence-electron chi connectivity index (χ3n) is 3.08. The van der Waals surface area contributed by atoms with Crippen LogP contribution in [0.15, 0.2) is 6.33 Å². The van der Waals surface area contributed by atoms with Gasteiger partial charge in [-0.25, -0.2) is 15.8 Å². The number of nitrogens with one attached hydrogen (secondary N) is 2. The highest BCUT2D eigenvalue weighted by atomic mass is 16.3. The molecule has 0 aromatic carbocycles. The Morgan fingerprint density at radius 3 is 2.53 bits per heavy atom. The van der Waals surface area contributed by atoms with Gasteiger partial charge in [0.15, 0.2) is 0 Å². The van der Waals surface area contributed by atoms with Gasteiger partial charge < -0.3 is 15.8 Å². The number of aromatic nitrogens is 2. The molecular weight excluding hydrogens is 242 g/mol. The zero-order chi connectivity index (χ0) is 14.3. The van der Waals surface area contributed by atoms with Gasteiger partial charge in [0.1, 0.15) is 18.0 Å². The van der Waals surface area contributed by atoms with Crippen LogP contribution in [0.25, 0.3) is 0 Å². The summed E-state index contributed by atoms with van der Waals surface area (Å²) in [7, 11) is 0. The summed E-state index contributed by atoms with van der Waals surface area (Å²) >= 11 is 0. The second-order valence-electron chi connectivity index (χ2n) is 5.14. The summed E-state index contributed by atoms with van der Waals surface area (Å²) < 4.78 is 0. The standard InChI is InChI=1S/C13H25N5O/c1-9(2)11-12(16-8-17-13(11)18-14)15-6-4-5-10(3)7-19/h8-10,19H,4-7,14H2,1-3H3,(H2,15,16,17,18). The molecule has 0 aliphatic rings. The molecule has 0 bridgehead atoms. The first kappa shape index (κ1) is 15.7. The molecule has 0 saturated carbocycles. The predicted octanol–water partition coefficient (Wildman–Crippen LogP) is 1.71. The molecule has 1 aromatic rings. The number of nitrogens with two attached hydrogens (primary N) is 1. The number of hydrazine groups is 1. The van der Waals surface area contributed by atoms with E-state index in [1.54, 1.807) is 0 Å². The first-order chi connectivity index (χ1) is 9.10. The monoisotopic (exact) mass is 267 g/mol. The fraction of sp³-hybridized carbons (Fsp3) is 0.692. The normalized spacial score (nSPS) is 12.5. The average Bonchev–Trinajstić information content (AvgIpc) is 2.42. The maximum atomic E-state index is 8.97. The van der Waals surface area contributed by atoms with Crippen molar-refractivity contribution in [3.63, 3.8) is 0 Å². The summed E-state index contributed by atoms with van der Waals surface area (Å²) in [4.78, 5) is 8.41. The van der Waals surface area contributed by atoms with E-state index < -0.39 is 0 Å². The lowest BCUT2D eigenvalue weighted by Crippen LogP contribution is -2.15. The van der Waals surface area contributed by atoms with Crippen molar-refractivity contribution >= 4 is 11.6 Å². The molecule has 0 aliphatic heterocycles. The van der Waals surface area contributed by atoms with E-state index in [9.17, 15) is 0 Å². The number of nitrogens with zero attached hydrogens (tertiary/aromatic N) is 2. The van der Waals surface area contributed by atoms with Gasteiger partial charge in [0.05, 0.1) is 0 Å². The van der Waals surface area contributed by atoms with Gasteiger partial charge in [0.25, 0.3) is 0 Å². The fourth-order valence-electron chi connectivity index (χ4n) is 1.95. The summed E-state index contributed by atoms with van der Waals surface area (Å²) in [6.07, 6.45) is 3.49. The number of rotatable bonds is 8. The molecule has 1 aromatic heterocycles. The minimum absolute atomic E-state index is 0.242. The zero-order valence-electron chi connectivity index (χ0n) is 12.0. The van der Waals surface area contributed by atoms with Crippen molar-refractivity contribution in [3.05, 3.63) is 11.9 Å². The molecule has 0 radical (unpaired) electrons. The van der Waals surface area contributed by atoms with Crippen molar-refractivity contribution in [2.45, 2.75) is 39.5 Å². The molecule has 1 unspecified atom stereocenters. The van der Waals surface area contributed by atoms with Crippen LogP contribution in [-0.4, -0.2) is 28.2 Å². The third-order valence-corrected chi connectivity index (χ3v) is 3.08. The molecule has 108 valence electrons. The highest BCUT2D eigenvalue weighted by Gasteiger charge is 2.13. The lowest BCUT2D eigenvalue weighted by atomic mass is 10.0. The SMILES string of the molecule is CC(CO)CCCNc1ncnc(NN)c1C(C)C.